The number of halogens is 2. The molecular weight excluding hydrogens is 236 g/mol. The predicted octanol–water partition coefficient (Wildman–Crippen LogP) is 3.00. The molecule has 98 valence electrons. The van der Waals surface area contributed by atoms with Gasteiger partial charge in [-0.25, -0.2) is 8.78 Å². The fourth-order valence-electron chi connectivity index (χ4n) is 3.39. The number of rotatable bonds is 2. The molecule has 2 unspecified atom stereocenters. The van der Waals surface area contributed by atoms with E-state index in [0.717, 1.165) is 50.3 Å². The lowest BCUT2D eigenvalue weighted by molar-refractivity contribution is -0.0637. The molecule has 2 N–H and O–H groups in total. The zero-order chi connectivity index (χ0) is 12.8. The SMILES string of the molecule is NC1CC(Oc2cc(F)ccc2F)C12CCCC2. The number of hydrogen-bond acceptors (Lipinski definition) is 2. The summed E-state index contributed by atoms with van der Waals surface area (Å²) < 4.78 is 32.3. The van der Waals surface area contributed by atoms with E-state index in [1.807, 2.05) is 0 Å². The van der Waals surface area contributed by atoms with E-state index in [9.17, 15) is 8.78 Å². The van der Waals surface area contributed by atoms with E-state index in [1.165, 1.54) is 0 Å². The normalized spacial score (nSPS) is 29.3. The average Bonchev–Trinajstić information content (AvgIpc) is 2.85. The van der Waals surface area contributed by atoms with Crippen LogP contribution in [-0.4, -0.2) is 12.1 Å². The lowest BCUT2D eigenvalue weighted by Gasteiger charge is -2.52. The Morgan fingerprint density at radius 2 is 1.94 bits per heavy atom. The summed E-state index contributed by atoms with van der Waals surface area (Å²) in [6.07, 6.45) is 5.05. The summed E-state index contributed by atoms with van der Waals surface area (Å²) in [7, 11) is 0. The van der Waals surface area contributed by atoms with Crippen LogP contribution in [0.3, 0.4) is 0 Å². The molecule has 2 nitrogen and oxygen atoms in total. The van der Waals surface area contributed by atoms with Gasteiger partial charge in [0.2, 0.25) is 0 Å². The highest BCUT2D eigenvalue weighted by atomic mass is 19.1. The van der Waals surface area contributed by atoms with Crippen molar-refractivity contribution in [3.8, 4) is 5.75 Å². The summed E-state index contributed by atoms with van der Waals surface area (Å²) in [5.41, 5.74) is 6.08. The maximum absolute atomic E-state index is 13.5. The first kappa shape index (κ1) is 11.9. The Morgan fingerprint density at radius 3 is 2.61 bits per heavy atom. The van der Waals surface area contributed by atoms with Crippen molar-refractivity contribution < 1.29 is 13.5 Å². The highest BCUT2D eigenvalue weighted by Crippen LogP contribution is 2.53. The van der Waals surface area contributed by atoms with Gasteiger partial charge in [0.1, 0.15) is 11.9 Å². The molecule has 0 aromatic heterocycles. The predicted molar refractivity (Wildman–Crippen MR) is 64.3 cm³/mol. The number of nitrogens with two attached hydrogens (primary N) is 1. The summed E-state index contributed by atoms with van der Waals surface area (Å²) in [6, 6.07) is 3.45. The van der Waals surface area contributed by atoms with Crippen LogP contribution in [0, 0.1) is 17.0 Å². The number of ether oxygens (including phenoxy) is 1. The molecule has 1 aromatic rings. The van der Waals surface area contributed by atoms with Crippen molar-refractivity contribution in [2.75, 3.05) is 0 Å². The summed E-state index contributed by atoms with van der Waals surface area (Å²) in [6.45, 7) is 0. The first-order valence-corrected chi connectivity index (χ1v) is 6.49. The summed E-state index contributed by atoms with van der Waals surface area (Å²) in [5.74, 6) is -0.973. The van der Waals surface area contributed by atoms with E-state index in [0.29, 0.717) is 0 Å². The van der Waals surface area contributed by atoms with Crippen LogP contribution in [0.15, 0.2) is 18.2 Å². The van der Waals surface area contributed by atoms with E-state index < -0.39 is 11.6 Å². The quantitative estimate of drug-likeness (QED) is 0.879. The zero-order valence-electron chi connectivity index (χ0n) is 10.2. The van der Waals surface area contributed by atoms with Crippen molar-refractivity contribution in [2.45, 2.75) is 44.2 Å². The Kier molecular flexibility index (Phi) is 2.77. The van der Waals surface area contributed by atoms with Crippen LogP contribution in [-0.2, 0) is 0 Å². The minimum atomic E-state index is -0.509. The molecule has 2 aliphatic carbocycles. The van der Waals surface area contributed by atoms with Gasteiger partial charge in [0.15, 0.2) is 11.6 Å². The molecule has 4 heteroatoms. The van der Waals surface area contributed by atoms with Crippen LogP contribution in [0.25, 0.3) is 0 Å². The molecule has 1 spiro atoms. The lowest BCUT2D eigenvalue weighted by Crippen LogP contribution is -2.62. The maximum atomic E-state index is 13.5. The van der Waals surface area contributed by atoms with Crippen molar-refractivity contribution in [1.82, 2.24) is 0 Å². The number of hydrogen-bond donors (Lipinski definition) is 1. The molecule has 2 fully saturated rings. The van der Waals surface area contributed by atoms with E-state index in [2.05, 4.69) is 0 Å². The van der Waals surface area contributed by atoms with Crippen LogP contribution < -0.4 is 10.5 Å². The maximum Gasteiger partial charge on any atom is 0.165 e. The van der Waals surface area contributed by atoms with Gasteiger partial charge in [-0.05, 0) is 25.0 Å². The van der Waals surface area contributed by atoms with E-state index >= 15 is 0 Å². The smallest absolute Gasteiger partial charge is 0.165 e. The Morgan fingerprint density at radius 1 is 1.22 bits per heavy atom. The molecule has 0 radical (unpaired) electrons. The second-order valence-electron chi connectivity index (χ2n) is 5.46. The minimum absolute atomic E-state index is 0.00123. The van der Waals surface area contributed by atoms with Crippen molar-refractivity contribution in [3.63, 3.8) is 0 Å². The zero-order valence-corrected chi connectivity index (χ0v) is 10.2. The van der Waals surface area contributed by atoms with Crippen molar-refractivity contribution in [3.05, 3.63) is 29.8 Å². The van der Waals surface area contributed by atoms with Crippen LogP contribution >= 0.6 is 0 Å². The highest BCUT2D eigenvalue weighted by Gasteiger charge is 2.56. The summed E-state index contributed by atoms with van der Waals surface area (Å²) in [4.78, 5) is 0. The summed E-state index contributed by atoms with van der Waals surface area (Å²) in [5, 5.41) is 0. The first-order chi connectivity index (χ1) is 8.62. The van der Waals surface area contributed by atoms with Crippen LogP contribution in [0.2, 0.25) is 0 Å². The van der Waals surface area contributed by atoms with Gasteiger partial charge in [0.05, 0.1) is 0 Å². The van der Waals surface area contributed by atoms with E-state index in [-0.39, 0.29) is 23.3 Å². The topological polar surface area (TPSA) is 35.2 Å². The first-order valence-electron chi connectivity index (χ1n) is 6.49. The van der Waals surface area contributed by atoms with Gasteiger partial charge in [0, 0.05) is 23.9 Å². The standard InChI is InChI=1S/C14H17F2NO/c15-9-3-4-10(16)11(7-9)18-13-8-12(17)14(13)5-1-2-6-14/h3-4,7,12-13H,1-2,5-6,8,17H2. The van der Waals surface area contributed by atoms with Crippen LogP contribution in [0.4, 0.5) is 8.78 Å². The lowest BCUT2D eigenvalue weighted by atomic mass is 9.61. The fourth-order valence-corrected chi connectivity index (χ4v) is 3.39. The highest BCUT2D eigenvalue weighted by molar-refractivity contribution is 5.26. The van der Waals surface area contributed by atoms with Crippen LogP contribution in [0.5, 0.6) is 5.75 Å². The molecule has 0 amide bonds. The van der Waals surface area contributed by atoms with Gasteiger partial charge in [-0.15, -0.1) is 0 Å². The molecule has 0 saturated heterocycles. The molecule has 18 heavy (non-hydrogen) atoms. The Hall–Kier alpha value is -1.16. The molecular formula is C14H17F2NO. The minimum Gasteiger partial charge on any atom is -0.487 e. The van der Waals surface area contributed by atoms with Crippen molar-refractivity contribution in [2.24, 2.45) is 11.1 Å². The molecule has 0 bridgehead atoms. The fraction of sp³-hybridized carbons (Fsp3) is 0.571. The Labute approximate surface area is 105 Å². The molecule has 2 saturated carbocycles. The third-order valence-electron chi connectivity index (χ3n) is 4.54. The number of benzene rings is 1. The van der Waals surface area contributed by atoms with Crippen molar-refractivity contribution >= 4 is 0 Å². The molecule has 1 aromatic carbocycles. The molecule has 2 aliphatic rings. The third-order valence-corrected chi connectivity index (χ3v) is 4.54. The van der Waals surface area contributed by atoms with Crippen LogP contribution in [0.1, 0.15) is 32.1 Å². The molecule has 3 rings (SSSR count). The van der Waals surface area contributed by atoms with Gasteiger partial charge >= 0.3 is 0 Å². The second kappa shape index (κ2) is 4.19. The van der Waals surface area contributed by atoms with Gasteiger partial charge in [-0.1, -0.05) is 12.8 Å². The van der Waals surface area contributed by atoms with E-state index in [4.69, 9.17) is 10.5 Å². The average molecular weight is 253 g/mol. The van der Waals surface area contributed by atoms with Gasteiger partial charge in [-0.3, -0.25) is 0 Å². The third kappa shape index (κ3) is 1.70. The van der Waals surface area contributed by atoms with Gasteiger partial charge in [-0.2, -0.15) is 0 Å². The summed E-state index contributed by atoms with van der Waals surface area (Å²) >= 11 is 0. The van der Waals surface area contributed by atoms with Crippen molar-refractivity contribution in [1.29, 1.82) is 0 Å². The van der Waals surface area contributed by atoms with Gasteiger partial charge in [0.25, 0.3) is 0 Å². The largest absolute Gasteiger partial charge is 0.487 e. The van der Waals surface area contributed by atoms with E-state index in [1.54, 1.807) is 0 Å². The van der Waals surface area contributed by atoms with Gasteiger partial charge < -0.3 is 10.5 Å². The molecule has 2 atom stereocenters. The monoisotopic (exact) mass is 253 g/mol. The molecule has 0 heterocycles. The Bertz CT molecular complexity index is 457. The second-order valence-corrected chi connectivity index (χ2v) is 5.46. The molecule has 0 aliphatic heterocycles. The Balaban J connectivity index is 1.79.